The molecule has 0 heterocycles. The number of anilines is 1. The first kappa shape index (κ1) is 19.0. The predicted molar refractivity (Wildman–Crippen MR) is 101 cm³/mol. The number of nitrogens with zero attached hydrogens (tertiary/aromatic N) is 1. The van der Waals surface area contributed by atoms with E-state index in [0.29, 0.717) is 21.3 Å². The van der Waals surface area contributed by atoms with Crippen molar-refractivity contribution < 1.29 is 9.59 Å². The molecular formula is C18H17Cl2N3O2. The van der Waals surface area contributed by atoms with Gasteiger partial charge >= 0.3 is 0 Å². The van der Waals surface area contributed by atoms with Gasteiger partial charge in [-0.1, -0.05) is 41.4 Å². The summed E-state index contributed by atoms with van der Waals surface area (Å²) >= 11 is 11.8. The second kappa shape index (κ2) is 9.20. The minimum absolute atomic E-state index is 0.0261. The monoisotopic (exact) mass is 377 g/mol. The van der Waals surface area contributed by atoms with Crippen molar-refractivity contribution in [2.75, 3.05) is 5.32 Å². The standard InChI is InChI=1S/C18H17Cl2N3O2/c1-12-10-14(19)6-7-16(12)22-17(24)8-9-18(25)23-21-11-13-4-2-3-5-15(13)20/h2-7,10-11H,8-9H2,1H3,(H,22,24)(H,23,25). The highest BCUT2D eigenvalue weighted by atomic mass is 35.5. The third-order valence-electron chi connectivity index (χ3n) is 3.34. The molecule has 0 atom stereocenters. The van der Waals surface area contributed by atoms with Crippen molar-refractivity contribution in [1.82, 2.24) is 5.43 Å². The SMILES string of the molecule is Cc1cc(Cl)ccc1NC(=O)CCC(=O)NN=Cc1ccccc1Cl. The Morgan fingerprint density at radius 2 is 1.80 bits per heavy atom. The van der Waals surface area contributed by atoms with Gasteiger partial charge in [0.1, 0.15) is 0 Å². The molecule has 0 unspecified atom stereocenters. The molecule has 0 saturated carbocycles. The highest BCUT2D eigenvalue weighted by molar-refractivity contribution is 6.33. The van der Waals surface area contributed by atoms with Crippen LogP contribution in [0.1, 0.15) is 24.0 Å². The van der Waals surface area contributed by atoms with Crippen molar-refractivity contribution in [3.8, 4) is 0 Å². The Bertz CT molecular complexity index is 807. The molecule has 0 aliphatic carbocycles. The van der Waals surface area contributed by atoms with E-state index in [2.05, 4.69) is 15.8 Å². The van der Waals surface area contributed by atoms with Crippen molar-refractivity contribution in [1.29, 1.82) is 0 Å². The number of rotatable bonds is 6. The van der Waals surface area contributed by atoms with E-state index in [-0.39, 0.29) is 24.7 Å². The van der Waals surface area contributed by atoms with Crippen molar-refractivity contribution in [3.05, 3.63) is 63.6 Å². The molecule has 0 bridgehead atoms. The van der Waals surface area contributed by atoms with Gasteiger partial charge in [0, 0.05) is 34.1 Å². The summed E-state index contributed by atoms with van der Waals surface area (Å²) in [5.74, 6) is -0.609. The number of benzene rings is 2. The van der Waals surface area contributed by atoms with Crippen molar-refractivity contribution in [2.45, 2.75) is 19.8 Å². The van der Waals surface area contributed by atoms with Crippen LogP contribution in [0.5, 0.6) is 0 Å². The van der Waals surface area contributed by atoms with Gasteiger partial charge in [-0.2, -0.15) is 5.10 Å². The molecule has 130 valence electrons. The minimum Gasteiger partial charge on any atom is -0.326 e. The molecule has 7 heteroatoms. The lowest BCUT2D eigenvalue weighted by atomic mass is 10.2. The zero-order valence-corrected chi connectivity index (χ0v) is 15.1. The maximum absolute atomic E-state index is 11.9. The lowest BCUT2D eigenvalue weighted by molar-refractivity contribution is -0.124. The Labute approximate surface area is 156 Å². The predicted octanol–water partition coefficient (Wildman–Crippen LogP) is 4.17. The fraction of sp³-hybridized carbons (Fsp3) is 0.167. The Morgan fingerprint density at radius 3 is 2.52 bits per heavy atom. The Hall–Kier alpha value is -2.37. The van der Waals surface area contributed by atoms with E-state index >= 15 is 0 Å². The number of nitrogens with one attached hydrogen (secondary N) is 2. The number of hydrazone groups is 1. The van der Waals surface area contributed by atoms with Gasteiger partial charge in [-0.15, -0.1) is 0 Å². The Morgan fingerprint density at radius 1 is 1.08 bits per heavy atom. The number of carbonyl (C=O) groups excluding carboxylic acids is 2. The van der Waals surface area contributed by atoms with Gasteiger partial charge in [0.2, 0.25) is 11.8 Å². The highest BCUT2D eigenvalue weighted by Crippen LogP contribution is 2.19. The molecule has 2 aromatic rings. The number of hydrogen-bond acceptors (Lipinski definition) is 3. The van der Waals surface area contributed by atoms with Gasteiger partial charge < -0.3 is 5.32 Å². The highest BCUT2D eigenvalue weighted by Gasteiger charge is 2.08. The molecular weight excluding hydrogens is 361 g/mol. The first-order valence-corrected chi connectivity index (χ1v) is 8.34. The molecule has 0 aliphatic rings. The summed E-state index contributed by atoms with van der Waals surface area (Å²) in [4.78, 5) is 23.6. The fourth-order valence-electron chi connectivity index (χ4n) is 2.02. The van der Waals surface area contributed by atoms with Gasteiger partial charge in [-0.05, 0) is 36.8 Å². The summed E-state index contributed by atoms with van der Waals surface area (Å²) in [6.45, 7) is 1.84. The maximum atomic E-state index is 11.9. The zero-order valence-electron chi connectivity index (χ0n) is 13.6. The van der Waals surface area contributed by atoms with Crippen LogP contribution in [0.15, 0.2) is 47.6 Å². The molecule has 2 amide bonds. The van der Waals surface area contributed by atoms with Crippen molar-refractivity contribution >= 4 is 46.9 Å². The Balaban J connectivity index is 1.77. The summed E-state index contributed by atoms with van der Waals surface area (Å²) < 4.78 is 0. The fourth-order valence-corrected chi connectivity index (χ4v) is 2.43. The molecule has 0 radical (unpaired) electrons. The van der Waals surface area contributed by atoms with Crippen molar-refractivity contribution in [2.24, 2.45) is 5.10 Å². The van der Waals surface area contributed by atoms with Gasteiger partial charge in [0.05, 0.1) is 6.21 Å². The van der Waals surface area contributed by atoms with Gasteiger partial charge in [0.15, 0.2) is 0 Å². The van der Waals surface area contributed by atoms with E-state index in [1.165, 1.54) is 6.21 Å². The number of aryl methyl sites for hydroxylation is 1. The quantitative estimate of drug-likeness (QED) is 0.585. The van der Waals surface area contributed by atoms with Crippen LogP contribution in [-0.2, 0) is 9.59 Å². The first-order valence-electron chi connectivity index (χ1n) is 7.58. The minimum atomic E-state index is -0.355. The number of amides is 2. The van der Waals surface area contributed by atoms with Crippen LogP contribution < -0.4 is 10.7 Å². The summed E-state index contributed by atoms with van der Waals surface area (Å²) in [7, 11) is 0. The van der Waals surface area contributed by atoms with Crippen molar-refractivity contribution in [3.63, 3.8) is 0 Å². The molecule has 5 nitrogen and oxygen atoms in total. The lowest BCUT2D eigenvalue weighted by Crippen LogP contribution is -2.20. The molecule has 0 fully saturated rings. The van der Waals surface area contributed by atoms with Crippen LogP contribution in [0.4, 0.5) is 5.69 Å². The van der Waals surface area contributed by atoms with Crippen LogP contribution >= 0.6 is 23.2 Å². The molecule has 0 spiro atoms. The molecule has 25 heavy (non-hydrogen) atoms. The molecule has 0 saturated heterocycles. The van der Waals surface area contributed by atoms with Crippen LogP contribution in [-0.4, -0.2) is 18.0 Å². The first-order chi connectivity index (χ1) is 12.0. The molecule has 0 aromatic heterocycles. The third-order valence-corrected chi connectivity index (χ3v) is 3.92. The van der Waals surface area contributed by atoms with Gasteiger partial charge in [-0.25, -0.2) is 5.43 Å². The Kier molecular flexibility index (Phi) is 6.98. The molecule has 2 N–H and O–H groups in total. The summed E-state index contributed by atoms with van der Waals surface area (Å²) in [6.07, 6.45) is 1.53. The molecule has 2 aromatic carbocycles. The number of carbonyl (C=O) groups is 2. The number of halogens is 2. The van der Waals surface area contributed by atoms with E-state index in [1.54, 1.807) is 36.4 Å². The number of hydrogen-bond donors (Lipinski definition) is 2. The third kappa shape index (κ3) is 6.21. The zero-order chi connectivity index (χ0) is 18.2. The van der Waals surface area contributed by atoms with E-state index in [4.69, 9.17) is 23.2 Å². The van der Waals surface area contributed by atoms with E-state index in [0.717, 1.165) is 5.56 Å². The second-order valence-corrected chi connectivity index (χ2v) is 6.17. The topological polar surface area (TPSA) is 70.6 Å². The average Bonchev–Trinajstić information content (AvgIpc) is 2.57. The van der Waals surface area contributed by atoms with Crippen LogP contribution in [0.25, 0.3) is 0 Å². The average molecular weight is 378 g/mol. The summed E-state index contributed by atoms with van der Waals surface area (Å²) in [6, 6.07) is 12.3. The molecule has 2 rings (SSSR count). The molecule has 0 aliphatic heterocycles. The largest absolute Gasteiger partial charge is 0.326 e. The lowest BCUT2D eigenvalue weighted by Gasteiger charge is -2.08. The van der Waals surface area contributed by atoms with Crippen LogP contribution in [0.3, 0.4) is 0 Å². The van der Waals surface area contributed by atoms with Crippen LogP contribution in [0.2, 0.25) is 10.0 Å². The van der Waals surface area contributed by atoms with Gasteiger partial charge in [-0.3, -0.25) is 9.59 Å². The summed E-state index contributed by atoms with van der Waals surface area (Å²) in [5, 5.41) is 7.72. The van der Waals surface area contributed by atoms with E-state index < -0.39 is 0 Å². The van der Waals surface area contributed by atoms with E-state index in [9.17, 15) is 9.59 Å². The second-order valence-electron chi connectivity index (χ2n) is 5.32. The van der Waals surface area contributed by atoms with E-state index in [1.807, 2.05) is 13.0 Å². The maximum Gasteiger partial charge on any atom is 0.240 e. The van der Waals surface area contributed by atoms with Gasteiger partial charge in [0.25, 0.3) is 0 Å². The normalized spacial score (nSPS) is 10.7. The summed E-state index contributed by atoms with van der Waals surface area (Å²) in [5.41, 5.74) is 4.59. The smallest absolute Gasteiger partial charge is 0.240 e. The van der Waals surface area contributed by atoms with Crippen LogP contribution in [0, 0.1) is 6.92 Å².